The van der Waals surface area contributed by atoms with Gasteiger partial charge in [0.15, 0.2) is 5.76 Å². The molecule has 1 heterocycles. The average molecular weight is 289 g/mol. The van der Waals surface area contributed by atoms with E-state index >= 15 is 0 Å². The minimum atomic E-state index is -0.522. The number of benzene rings is 1. The van der Waals surface area contributed by atoms with E-state index in [1.165, 1.54) is 17.0 Å². The largest absolute Gasteiger partial charge is 0.359 e. The molecule has 0 N–H and O–H groups in total. The summed E-state index contributed by atoms with van der Waals surface area (Å²) in [6.07, 6.45) is 0. The molecule has 7 nitrogen and oxygen atoms in total. The number of aromatic nitrogens is 1. The van der Waals surface area contributed by atoms with Crippen molar-refractivity contribution in [3.8, 4) is 0 Å². The van der Waals surface area contributed by atoms with E-state index in [9.17, 15) is 14.9 Å². The Morgan fingerprint density at radius 1 is 1.33 bits per heavy atom. The number of aryl methyl sites for hydroxylation is 3. The van der Waals surface area contributed by atoms with Gasteiger partial charge >= 0.3 is 0 Å². The van der Waals surface area contributed by atoms with Gasteiger partial charge in [-0.15, -0.1) is 0 Å². The predicted octanol–water partition coefficient (Wildman–Crippen LogP) is 2.78. The van der Waals surface area contributed by atoms with E-state index in [0.29, 0.717) is 22.7 Å². The molecule has 2 rings (SSSR count). The number of carbonyl (C=O) groups excluding carboxylic acids is 1. The molecule has 0 atom stereocenters. The quantitative estimate of drug-likeness (QED) is 0.640. The fraction of sp³-hybridized carbons (Fsp3) is 0.286. The highest BCUT2D eigenvalue weighted by atomic mass is 16.6. The third-order valence-corrected chi connectivity index (χ3v) is 3.30. The van der Waals surface area contributed by atoms with E-state index in [-0.39, 0.29) is 17.2 Å². The van der Waals surface area contributed by atoms with Crippen molar-refractivity contribution in [2.24, 2.45) is 0 Å². The lowest BCUT2D eigenvalue weighted by Crippen LogP contribution is -2.27. The lowest BCUT2D eigenvalue weighted by Gasteiger charge is -2.17. The van der Waals surface area contributed by atoms with E-state index in [1.807, 2.05) is 0 Å². The van der Waals surface area contributed by atoms with Gasteiger partial charge in [-0.25, -0.2) is 0 Å². The van der Waals surface area contributed by atoms with Gasteiger partial charge in [0.25, 0.3) is 11.6 Å². The van der Waals surface area contributed by atoms with Crippen LogP contribution in [-0.2, 0) is 0 Å². The number of non-ortho nitro benzene ring substituents is 1. The van der Waals surface area contributed by atoms with Gasteiger partial charge < -0.3 is 9.42 Å². The molecule has 0 spiro atoms. The summed E-state index contributed by atoms with van der Waals surface area (Å²) >= 11 is 0. The van der Waals surface area contributed by atoms with Gasteiger partial charge in [0.1, 0.15) is 11.4 Å². The monoisotopic (exact) mass is 289 g/mol. The molecule has 1 aromatic carbocycles. The van der Waals surface area contributed by atoms with Crippen molar-refractivity contribution in [1.82, 2.24) is 5.16 Å². The minimum Gasteiger partial charge on any atom is -0.359 e. The number of carbonyl (C=O) groups is 1. The van der Waals surface area contributed by atoms with Crippen LogP contribution in [0, 0.1) is 30.9 Å². The van der Waals surface area contributed by atoms with Gasteiger partial charge in [-0.3, -0.25) is 14.9 Å². The summed E-state index contributed by atoms with van der Waals surface area (Å²) in [4.78, 5) is 24.3. The lowest BCUT2D eigenvalue weighted by molar-refractivity contribution is -0.384. The summed E-state index contributed by atoms with van der Waals surface area (Å²) in [7, 11) is 1.59. The van der Waals surface area contributed by atoms with Crippen molar-refractivity contribution in [3.05, 3.63) is 50.9 Å². The Morgan fingerprint density at radius 2 is 2.00 bits per heavy atom. The zero-order valence-electron chi connectivity index (χ0n) is 12.2. The summed E-state index contributed by atoms with van der Waals surface area (Å²) in [5.74, 6) is 0.178. The fourth-order valence-corrected chi connectivity index (χ4v) is 2.19. The summed E-state index contributed by atoms with van der Waals surface area (Å²) in [5.41, 5.74) is 2.00. The van der Waals surface area contributed by atoms with Crippen LogP contribution in [0.5, 0.6) is 0 Å². The van der Waals surface area contributed by atoms with Crippen LogP contribution in [-0.4, -0.2) is 23.0 Å². The first kappa shape index (κ1) is 14.7. The molecule has 21 heavy (non-hydrogen) atoms. The molecule has 0 saturated heterocycles. The Bertz CT molecular complexity index is 702. The normalized spacial score (nSPS) is 10.5. The Hall–Kier alpha value is -2.70. The molecule has 0 aliphatic heterocycles. The second kappa shape index (κ2) is 5.35. The Kier molecular flexibility index (Phi) is 3.75. The Balaban J connectivity index is 2.45. The number of rotatable bonds is 3. The Labute approximate surface area is 121 Å². The van der Waals surface area contributed by atoms with Crippen LogP contribution in [0.2, 0.25) is 0 Å². The highest BCUT2D eigenvalue weighted by Gasteiger charge is 2.23. The van der Waals surface area contributed by atoms with Crippen LogP contribution in [0.4, 0.5) is 11.4 Å². The number of nitro benzene ring substituents is 1. The van der Waals surface area contributed by atoms with Crippen LogP contribution in [0.1, 0.15) is 27.4 Å². The third-order valence-electron chi connectivity index (χ3n) is 3.30. The van der Waals surface area contributed by atoms with Gasteiger partial charge in [-0.2, -0.15) is 0 Å². The van der Waals surface area contributed by atoms with Gasteiger partial charge in [-0.1, -0.05) is 11.2 Å². The van der Waals surface area contributed by atoms with Gasteiger partial charge in [0.2, 0.25) is 0 Å². The van der Waals surface area contributed by atoms with Crippen LogP contribution < -0.4 is 4.90 Å². The summed E-state index contributed by atoms with van der Waals surface area (Å²) < 4.78 is 5.04. The lowest BCUT2D eigenvalue weighted by atomic mass is 10.1. The van der Waals surface area contributed by atoms with Crippen LogP contribution in [0.3, 0.4) is 0 Å². The van der Waals surface area contributed by atoms with Crippen molar-refractivity contribution >= 4 is 17.3 Å². The number of amides is 1. The third kappa shape index (κ3) is 2.62. The summed E-state index contributed by atoms with van der Waals surface area (Å²) in [6, 6.07) is 4.22. The first-order chi connectivity index (χ1) is 9.82. The molecular weight excluding hydrogens is 274 g/mol. The van der Waals surface area contributed by atoms with Crippen LogP contribution in [0.15, 0.2) is 22.7 Å². The molecular formula is C14H15N3O4. The van der Waals surface area contributed by atoms with Crippen LogP contribution >= 0.6 is 0 Å². The van der Waals surface area contributed by atoms with E-state index < -0.39 is 4.92 Å². The molecule has 0 aliphatic rings. The number of anilines is 1. The molecule has 0 aliphatic carbocycles. The van der Waals surface area contributed by atoms with Gasteiger partial charge in [0.05, 0.1) is 4.92 Å². The first-order valence-electron chi connectivity index (χ1n) is 6.29. The van der Waals surface area contributed by atoms with E-state index in [0.717, 1.165) is 0 Å². The highest BCUT2D eigenvalue weighted by Crippen LogP contribution is 2.26. The SMILES string of the molecule is Cc1ccc([N+](=O)[O-])cc1C(=O)N(C)c1c(C)noc1C. The van der Waals surface area contributed by atoms with E-state index in [2.05, 4.69) is 5.16 Å². The molecule has 0 fully saturated rings. The zero-order chi connectivity index (χ0) is 15.7. The summed E-state index contributed by atoms with van der Waals surface area (Å²) in [5, 5.41) is 14.7. The smallest absolute Gasteiger partial charge is 0.270 e. The van der Waals surface area contributed by atoms with Crippen LogP contribution in [0.25, 0.3) is 0 Å². The number of nitrogens with zero attached hydrogens (tertiary/aromatic N) is 3. The van der Waals surface area contributed by atoms with Crippen molar-refractivity contribution in [2.45, 2.75) is 20.8 Å². The summed E-state index contributed by atoms with van der Waals surface area (Å²) in [6.45, 7) is 5.17. The molecule has 110 valence electrons. The molecule has 2 aromatic rings. The molecule has 0 unspecified atom stereocenters. The fourth-order valence-electron chi connectivity index (χ4n) is 2.19. The van der Waals surface area contributed by atoms with Crippen molar-refractivity contribution in [3.63, 3.8) is 0 Å². The topological polar surface area (TPSA) is 89.5 Å². The minimum absolute atomic E-state index is 0.115. The maximum atomic E-state index is 12.6. The second-order valence-corrected chi connectivity index (χ2v) is 4.79. The molecule has 1 amide bonds. The second-order valence-electron chi connectivity index (χ2n) is 4.79. The zero-order valence-corrected chi connectivity index (χ0v) is 12.2. The standard InChI is InChI=1S/C14H15N3O4/c1-8-5-6-11(17(19)20)7-12(8)14(18)16(4)13-9(2)15-21-10(13)3/h5-7H,1-4H3. The molecule has 0 saturated carbocycles. The highest BCUT2D eigenvalue weighted by molar-refractivity contribution is 6.07. The average Bonchev–Trinajstić information content (AvgIpc) is 2.77. The maximum absolute atomic E-state index is 12.6. The number of hydrogen-bond donors (Lipinski definition) is 0. The van der Waals surface area contributed by atoms with E-state index in [4.69, 9.17) is 4.52 Å². The van der Waals surface area contributed by atoms with Gasteiger partial charge in [-0.05, 0) is 26.3 Å². The van der Waals surface area contributed by atoms with Gasteiger partial charge in [0, 0.05) is 24.7 Å². The molecule has 7 heteroatoms. The molecule has 0 bridgehead atoms. The number of hydrogen-bond acceptors (Lipinski definition) is 5. The predicted molar refractivity (Wildman–Crippen MR) is 76.5 cm³/mol. The first-order valence-corrected chi connectivity index (χ1v) is 6.29. The maximum Gasteiger partial charge on any atom is 0.270 e. The van der Waals surface area contributed by atoms with E-state index in [1.54, 1.807) is 33.9 Å². The molecule has 0 radical (unpaired) electrons. The van der Waals surface area contributed by atoms with Crippen molar-refractivity contribution in [2.75, 3.05) is 11.9 Å². The molecule has 1 aromatic heterocycles. The Morgan fingerprint density at radius 3 is 2.52 bits per heavy atom. The van der Waals surface area contributed by atoms with Crippen molar-refractivity contribution in [1.29, 1.82) is 0 Å². The van der Waals surface area contributed by atoms with Crippen molar-refractivity contribution < 1.29 is 14.2 Å². The number of nitro groups is 1.